The maximum atomic E-state index is 13.1. The van der Waals surface area contributed by atoms with Gasteiger partial charge in [0.25, 0.3) is 5.91 Å². The van der Waals surface area contributed by atoms with E-state index in [2.05, 4.69) is 16.7 Å². The lowest BCUT2D eigenvalue weighted by Crippen LogP contribution is -2.46. The number of nitrogens with zero attached hydrogens (tertiary/aromatic N) is 3. The SMILES string of the molecule is CCOc1ccc(N2C(=O)C[C@@H](N3CCC(CCN4CCC(C)CC4)CC3)C2=O)cc1. The Morgan fingerprint density at radius 1 is 0.968 bits per heavy atom. The summed E-state index contributed by atoms with van der Waals surface area (Å²) >= 11 is 0. The number of rotatable bonds is 7. The van der Waals surface area contributed by atoms with E-state index in [4.69, 9.17) is 4.74 Å². The molecule has 2 amide bonds. The van der Waals surface area contributed by atoms with Gasteiger partial charge in [0.05, 0.1) is 24.8 Å². The Hall–Kier alpha value is -1.92. The number of amides is 2. The predicted molar refractivity (Wildman–Crippen MR) is 122 cm³/mol. The molecular weight excluding hydrogens is 390 g/mol. The van der Waals surface area contributed by atoms with Crippen molar-refractivity contribution in [2.24, 2.45) is 11.8 Å². The van der Waals surface area contributed by atoms with Gasteiger partial charge in [-0.2, -0.15) is 0 Å². The standard InChI is InChI=1S/C25H37N3O3/c1-3-31-22-6-4-21(5-7-22)28-24(29)18-23(25(28)30)27-16-11-20(12-17-27)10-15-26-13-8-19(2)9-14-26/h4-7,19-20,23H,3,8-18H2,1-2H3/t23-/m1/s1. The molecule has 31 heavy (non-hydrogen) atoms. The fourth-order valence-electron chi connectivity index (χ4n) is 5.23. The Bertz CT molecular complexity index is 750. The van der Waals surface area contributed by atoms with Gasteiger partial charge < -0.3 is 9.64 Å². The molecule has 6 heteroatoms. The fourth-order valence-corrected chi connectivity index (χ4v) is 5.23. The summed E-state index contributed by atoms with van der Waals surface area (Å²) in [5.74, 6) is 2.21. The van der Waals surface area contributed by atoms with Gasteiger partial charge in [0.15, 0.2) is 0 Å². The van der Waals surface area contributed by atoms with Crippen LogP contribution in [0.3, 0.4) is 0 Å². The van der Waals surface area contributed by atoms with Gasteiger partial charge in [-0.3, -0.25) is 14.5 Å². The van der Waals surface area contributed by atoms with Crippen molar-refractivity contribution in [1.29, 1.82) is 0 Å². The summed E-state index contributed by atoms with van der Waals surface area (Å²) in [6.45, 7) is 10.4. The molecule has 3 aliphatic heterocycles. The van der Waals surface area contributed by atoms with Crippen LogP contribution in [0.5, 0.6) is 5.75 Å². The minimum Gasteiger partial charge on any atom is -0.494 e. The highest BCUT2D eigenvalue weighted by Crippen LogP contribution is 2.30. The van der Waals surface area contributed by atoms with Gasteiger partial charge in [0.2, 0.25) is 5.91 Å². The molecule has 0 aliphatic carbocycles. The lowest BCUT2D eigenvalue weighted by molar-refractivity contribution is -0.123. The van der Waals surface area contributed by atoms with Crippen LogP contribution in [0.15, 0.2) is 24.3 Å². The molecule has 170 valence electrons. The van der Waals surface area contributed by atoms with E-state index in [9.17, 15) is 9.59 Å². The van der Waals surface area contributed by atoms with Crippen LogP contribution in [0.1, 0.15) is 52.4 Å². The topological polar surface area (TPSA) is 53.1 Å². The van der Waals surface area contributed by atoms with Gasteiger partial charge in [-0.15, -0.1) is 0 Å². The van der Waals surface area contributed by atoms with Crippen LogP contribution >= 0.6 is 0 Å². The molecule has 3 heterocycles. The Morgan fingerprint density at radius 2 is 1.65 bits per heavy atom. The first kappa shape index (κ1) is 22.3. The van der Waals surface area contributed by atoms with Crippen molar-refractivity contribution >= 4 is 17.5 Å². The Morgan fingerprint density at radius 3 is 2.29 bits per heavy atom. The van der Waals surface area contributed by atoms with Gasteiger partial charge in [0, 0.05) is 0 Å². The number of carbonyl (C=O) groups excluding carboxylic acids is 2. The van der Waals surface area contributed by atoms with Crippen LogP contribution in [-0.4, -0.2) is 67.0 Å². The number of anilines is 1. The van der Waals surface area contributed by atoms with Crippen molar-refractivity contribution in [2.75, 3.05) is 44.2 Å². The maximum absolute atomic E-state index is 13.1. The summed E-state index contributed by atoms with van der Waals surface area (Å²) in [7, 11) is 0. The number of hydrogen-bond acceptors (Lipinski definition) is 5. The first-order valence-electron chi connectivity index (χ1n) is 12.1. The molecule has 0 saturated carbocycles. The number of piperidine rings is 2. The van der Waals surface area contributed by atoms with E-state index in [1.165, 1.54) is 43.8 Å². The normalized spacial score (nSPS) is 24.8. The Labute approximate surface area is 186 Å². The molecule has 4 rings (SSSR count). The van der Waals surface area contributed by atoms with E-state index in [0.29, 0.717) is 18.7 Å². The molecule has 1 aromatic rings. The van der Waals surface area contributed by atoms with Crippen molar-refractivity contribution in [3.8, 4) is 5.75 Å². The molecule has 1 aromatic carbocycles. The van der Waals surface area contributed by atoms with Gasteiger partial charge in [-0.05, 0) is 108 Å². The largest absolute Gasteiger partial charge is 0.494 e. The van der Waals surface area contributed by atoms with E-state index in [1.807, 2.05) is 19.1 Å². The summed E-state index contributed by atoms with van der Waals surface area (Å²) in [4.78, 5) is 32.0. The third-order valence-corrected chi connectivity index (χ3v) is 7.35. The molecular formula is C25H37N3O3. The average Bonchev–Trinajstić information content (AvgIpc) is 3.08. The van der Waals surface area contributed by atoms with Crippen molar-refractivity contribution in [3.05, 3.63) is 24.3 Å². The van der Waals surface area contributed by atoms with Crippen LogP contribution in [0.4, 0.5) is 5.69 Å². The molecule has 0 bridgehead atoms. The van der Waals surface area contributed by atoms with Crippen LogP contribution in [0.25, 0.3) is 0 Å². The van der Waals surface area contributed by atoms with E-state index >= 15 is 0 Å². The summed E-state index contributed by atoms with van der Waals surface area (Å²) in [6.07, 6.45) is 6.49. The number of likely N-dealkylation sites (tertiary alicyclic amines) is 2. The predicted octanol–water partition coefficient (Wildman–Crippen LogP) is 3.55. The molecule has 3 fully saturated rings. The zero-order valence-electron chi connectivity index (χ0n) is 19.1. The van der Waals surface area contributed by atoms with Gasteiger partial charge in [0.1, 0.15) is 5.75 Å². The maximum Gasteiger partial charge on any atom is 0.251 e. The third kappa shape index (κ3) is 5.29. The number of hydrogen-bond donors (Lipinski definition) is 0. The molecule has 3 saturated heterocycles. The summed E-state index contributed by atoms with van der Waals surface area (Å²) in [5.41, 5.74) is 0.645. The minimum atomic E-state index is -0.302. The molecule has 0 spiro atoms. The number of ether oxygens (including phenoxy) is 1. The molecule has 1 atom stereocenters. The quantitative estimate of drug-likeness (QED) is 0.623. The lowest BCUT2D eigenvalue weighted by Gasteiger charge is -2.36. The second-order valence-electron chi connectivity index (χ2n) is 9.51. The van der Waals surface area contributed by atoms with Crippen molar-refractivity contribution in [3.63, 3.8) is 0 Å². The second-order valence-corrected chi connectivity index (χ2v) is 9.51. The third-order valence-electron chi connectivity index (χ3n) is 7.35. The Balaban J connectivity index is 1.27. The smallest absolute Gasteiger partial charge is 0.251 e. The molecule has 0 N–H and O–H groups in total. The molecule has 0 radical (unpaired) electrons. The van der Waals surface area contributed by atoms with Crippen molar-refractivity contribution in [1.82, 2.24) is 9.80 Å². The zero-order chi connectivity index (χ0) is 21.8. The number of benzene rings is 1. The van der Waals surface area contributed by atoms with Gasteiger partial charge in [-0.1, -0.05) is 6.92 Å². The van der Waals surface area contributed by atoms with Gasteiger partial charge >= 0.3 is 0 Å². The van der Waals surface area contributed by atoms with Crippen LogP contribution < -0.4 is 9.64 Å². The number of imide groups is 1. The van der Waals surface area contributed by atoms with E-state index in [0.717, 1.165) is 43.5 Å². The first-order valence-corrected chi connectivity index (χ1v) is 12.1. The van der Waals surface area contributed by atoms with Crippen LogP contribution in [0, 0.1) is 11.8 Å². The monoisotopic (exact) mass is 427 g/mol. The molecule has 0 unspecified atom stereocenters. The zero-order valence-corrected chi connectivity index (χ0v) is 19.1. The summed E-state index contributed by atoms with van der Waals surface area (Å²) in [6, 6.07) is 6.94. The lowest BCUT2D eigenvalue weighted by atomic mass is 9.91. The fraction of sp³-hybridized carbons (Fsp3) is 0.680. The van der Waals surface area contributed by atoms with Crippen molar-refractivity contribution in [2.45, 2.75) is 58.4 Å². The van der Waals surface area contributed by atoms with E-state index in [-0.39, 0.29) is 17.9 Å². The van der Waals surface area contributed by atoms with Crippen LogP contribution in [0.2, 0.25) is 0 Å². The van der Waals surface area contributed by atoms with E-state index < -0.39 is 0 Å². The van der Waals surface area contributed by atoms with Gasteiger partial charge in [-0.25, -0.2) is 4.90 Å². The average molecular weight is 428 g/mol. The highest BCUT2D eigenvalue weighted by molar-refractivity contribution is 6.22. The summed E-state index contributed by atoms with van der Waals surface area (Å²) < 4.78 is 5.47. The van der Waals surface area contributed by atoms with Crippen molar-refractivity contribution < 1.29 is 14.3 Å². The number of carbonyl (C=O) groups is 2. The highest BCUT2D eigenvalue weighted by atomic mass is 16.5. The summed E-state index contributed by atoms with van der Waals surface area (Å²) in [5, 5.41) is 0. The molecule has 0 aromatic heterocycles. The second kappa shape index (κ2) is 10.1. The molecule has 3 aliphatic rings. The molecule has 6 nitrogen and oxygen atoms in total. The minimum absolute atomic E-state index is 0.0740. The first-order chi connectivity index (χ1) is 15.0. The Kier molecular flexibility index (Phi) is 7.28. The highest BCUT2D eigenvalue weighted by Gasteiger charge is 2.43. The van der Waals surface area contributed by atoms with Crippen LogP contribution in [-0.2, 0) is 9.59 Å². The van der Waals surface area contributed by atoms with E-state index in [1.54, 1.807) is 12.1 Å².